The molecule has 128 valence electrons. The van der Waals surface area contributed by atoms with Crippen molar-refractivity contribution in [2.24, 2.45) is 0 Å². The Hall–Kier alpha value is -0.900. The zero-order chi connectivity index (χ0) is 16.9. The second-order valence-corrected chi connectivity index (χ2v) is 6.96. The molecule has 0 spiro atoms. The minimum atomic E-state index is -0.454. The van der Waals surface area contributed by atoms with Crippen LogP contribution < -0.4 is 0 Å². The molecular formula is C19H28ClNO2. The first-order valence-electron chi connectivity index (χ1n) is 8.60. The highest BCUT2D eigenvalue weighted by atomic mass is 35.5. The van der Waals surface area contributed by atoms with Gasteiger partial charge in [0, 0.05) is 6.20 Å². The van der Waals surface area contributed by atoms with E-state index >= 15 is 0 Å². The van der Waals surface area contributed by atoms with Gasteiger partial charge in [0.1, 0.15) is 0 Å². The quantitative estimate of drug-likeness (QED) is 0.666. The number of halogens is 1. The third kappa shape index (κ3) is 5.30. The number of aromatic nitrogens is 1. The molecule has 0 aromatic carbocycles. The fraction of sp³-hybridized carbons (Fsp3) is 0.632. The van der Waals surface area contributed by atoms with Crippen molar-refractivity contribution in [3.05, 3.63) is 34.6 Å². The molecule has 0 aliphatic carbocycles. The Bertz CT molecular complexity index is 554. The molecule has 1 aliphatic heterocycles. The largest absolute Gasteiger partial charge is 0.348 e. The number of hydrogen-bond donors (Lipinski definition) is 0. The summed E-state index contributed by atoms with van der Waals surface area (Å²) >= 11 is 6.48. The van der Waals surface area contributed by atoms with Crippen molar-refractivity contribution in [1.29, 1.82) is 0 Å². The van der Waals surface area contributed by atoms with Crippen molar-refractivity contribution < 1.29 is 9.47 Å². The number of nitrogens with zero attached hydrogens (tertiary/aromatic N) is 1. The Labute approximate surface area is 145 Å². The molecule has 0 saturated carbocycles. The second-order valence-electron chi connectivity index (χ2n) is 6.55. The lowest BCUT2D eigenvalue weighted by Crippen LogP contribution is -2.21. The maximum atomic E-state index is 6.48. The lowest BCUT2D eigenvalue weighted by molar-refractivity contribution is -0.138. The topological polar surface area (TPSA) is 31.4 Å². The minimum absolute atomic E-state index is 0.152. The monoisotopic (exact) mass is 337 g/mol. The summed E-state index contributed by atoms with van der Waals surface area (Å²) in [5.41, 5.74) is 3.33. The number of aryl methyl sites for hydroxylation is 1. The van der Waals surface area contributed by atoms with E-state index in [0.717, 1.165) is 48.4 Å². The van der Waals surface area contributed by atoms with Crippen molar-refractivity contribution >= 4 is 17.2 Å². The summed E-state index contributed by atoms with van der Waals surface area (Å²) in [5.74, 6) is -0.454. The van der Waals surface area contributed by atoms with Crippen LogP contribution in [0.3, 0.4) is 0 Å². The first-order chi connectivity index (χ1) is 10.9. The molecule has 0 N–H and O–H groups in total. The predicted octanol–water partition coefficient (Wildman–Crippen LogP) is 5.41. The molecule has 1 fully saturated rings. The van der Waals surface area contributed by atoms with Gasteiger partial charge >= 0.3 is 0 Å². The van der Waals surface area contributed by atoms with Gasteiger partial charge in [-0.15, -0.1) is 0 Å². The van der Waals surface area contributed by atoms with Crippen LogP contribution >= 0.6 is 11.6 Å². The zero-order valence-electron chi connectivity index (χ0n) is 14.7. The van der Waals surface area contributed by atoms with E-state index in [2.05, 4.69) is 24.9 Å². The van der Waals surface area contributed by atoms with Gasteiger partial charge in [-0.05, 0) is 56.7 Å². The maximum Gasteiger partial charge on any atom is 0.163 e. The summed E-state index contributed by atoms with van der Waals surface area (Å²) < 4.78 is 11.4. The van der Waals surface area contributed by atoms with Crippen LogP contribution in [0, 0.1) is 0 Å². The number of rotatable bonds is 7. The van der Waals surface area contributed by atoms with Gasteiger partial charge in [0.2, 0.25) is 0 Å². The summed E-state index contributed by atoms with van der Waals surface area (Å²) in [6, 6.07) is 2.05. The van der Waals surface area contributed by atoms with E-state index in [1.165, 1.54) is 5.57 Å². The molecule has 0 unspecified atom stereocenters. The van der Waals surface area contributed by atoms with Crippen molar-refractivity contribution in [3.8, 4) is 0 Å². The molecular weight excluding hydrogens is 310 g/mol. The molecule has 1 atom stereocenters. The molecule has 1 aromatic heterocycles. The van der Waals surface area contributed by atoms with Crippen molar-refractivity contribution in [1.82, 2.24) is 4.98 Å². The SMILES string of the molecule is CC/C=C(\CCC)c1ncc(CC[C@@H]2COC(C)(C)O2)cc1Cl. The van der Waals surface area contributed by atoms with Crippen LogP contribution in [0.2, 0.25) is 5.02 Å². The van der Waals surface area contributed by atoms with Crippen LogP contribution in [0.15, 0.2) is 18.3 Å². The van der Waals surface area contributed by atoms with E-state index in [0.29, 0.717) is 6.61 Å². The standard InChI is InChI=1S/C19H28ClNO2/c1-5-7-15(8-6-2)18-17(20)11-14(12-21-18)9-10-16-13-22-19(3,4)23-16/h7,11-12,16H,5-6,8-10,13H2,1-4H3/b15-7+/t16-/m1/s1. The maximum absolute atomic E-state index is 6.48. The highest BCUT2D eigenvalue weighted by molar-refractivity contribution is 6.32. The Morgan fingerprint density at radius 2 is 2.22 bits per heavy atom. The Morgan fingerprint density at radius 3 is 2.78 bits per heavy atom. The van der Waals surface area contributed by atoms with E-state index in [9.17, 15) is 0 Å². The van der Waals surface area contributed by atoms with Gasteiger partial charge in [0.05, 0.1) is 23.4 Å². The van der Waals surface area contributed by atoms with Gasteiger partial charge in [0.25, 0.3) is 0 Å². The van der Waals surface area contributed by atoms with Crippen LogP contribution in [0.5, 0.6) is 0 Å². The molecule has 3 nitrogen and oxygen atoms in total. The average molecular weight is 338 g/mol. The third-order valence-corrected chi connectivity index (χ3v) is 4.28. The molecule has 0 radical (unpaired) electrons. The Morgan fingerprint density at radius 1 is 1.43 bits per heavy atom. The Balaban J connectivity index is 2.00. The van der Waals surface area contributed by atoms with Crippen molar-refractivity contribution in [2.45, 2.75) is 71.7 Å². The van der Waals surface area contributed by atoms with Gasteiger partial charge in [-0.25, -0.2) is 0 Å². The summed E-state index contributed by atoms with van der Waals surface area (Å²) in [4.78, 5) is 4.62. The van der Waals surface area contributed by atoms with E-state index in [1.807, 2.05) is 26.1 Å². The van der Waals surface area contributed by atoms with E-state index < -0.39 is 5.79 Å². The van der Waals surface area contributed by atoms with Crippen LogP contribution in [0.25, 0.3) is 5.57 Å². The smallest absolute Gasteiger partial charge is 0.163 e. The summed E-state index contributed by atoms with van der Waals surface area (Å²) in [7, 11) is 0. The minimum Gasteiger partial charge on any atom is -0.348 e. The molecule has 1 aromatic rings. The summed E-state index contributed by atoms with van der Waals surface area (Å²) in [6.07, 6.45) is 9.27. The van der Waals surface area contributed by atoms with Crippen molar-refractivity contribution in [3.63, 3.8) is 0 Å². The third-order valence-electron chi connectivity index (χ3n) is 3.99. The molecule has 0 bridgehead atoms. The highest BCUT2D eigenvalue weighted by Gasteiger charge is 2.32. The van der Waals surface area contributed by atoms with Crippen LogP contribution in [-0.2, 0) is 15.9 Å². The van der Waals surface area contributed by atoms with Crippen LogP contribution in [-0.4, -0.2) is 23.5 Å². The molecule has 1 saturated heterocycles. The number of pyridine rings is 1. The first kappa shape index (κ1) is 18.4. The zero-order valence-corrected chi connectivity index (χ0v) is 15.4. The molecule has 0 amide bonds. The first-order valence-corrected chi connectivity index (χ1v) is 8.98. The van der Waals surface area contributed by atoms with E-state index in [-0.39, 0.29) is 6.10 Å². The molecule has 1 aliphatic rings. The Kier molecular flexibility index (Phi) is 6.63. The van der Waals surface area contributed by atoms with E-state index in [1.54, 1.807) is 0 Å². The van der Waals surface area contributed by atoms with Crippen LogP contribution in [0.1, 0.15) is 64.6 Å². The summed E-state index contributed by atoms with van der Waals surface area (Å²) in [5, 5.41) is 0.750. The number of ether oxygens (including phenoxy) is 2. The van der Waals surface area contributed by atoms with Gasteiger partial charge in [-0.1, -0.05) is 37.9 Å². The van der Waals surface area contributed by atoms with Gasteiger partial charge in [-0.2, -0.15) is 0 Å². The number of allylic oxidation sites excluding steroid dienone is 2. The lowest BCUT2D eigenvalue weighted by atomic mass is 10.0. The normalized spacial score (nSPS) is 20.9. The predicted molar refractivity (Wildman–Crippen MR) is 95.6 cm³/mol. The van der Waals surface area contributed by atoms with E-state index in [4.69, 9.17) is 21.1 Å². The van der Waals surface area contributed by atoms with Gasteiger partial charge in [-0.3, -0.25) is 4.98 Å². The highest BCUT2D eigenvalue weighted by Crippen LogP contribution is 2.28. The number of hydrogen-bond acceptors (Lipinski definition) is 3. The fourth-order valence-corrected chi connectivity index (χ4v) is 3.23. The molecule has 23 heavy (non-hydrogen) atoms. The van der Waals surface area contributed by atoms with Crippen LogP contribution in [0.4, 0.5) is 0 Å². The van der Waals surface area contributed by atoms with Gasteiger partial charge < -0.3 is 9.47 Å². The molecule has 2 heterocycles. The molecule has 2 rings (SSSR count). The van der Waals surface area contributed by atoms with Gasteiger partial charge in [0.15, 0.2) is 5.79 Å². The summed E-state index contributed by atoms with van der Waals surface area (Å²) in [6.45, 7) is 8.89. The van der Waals surface area contributed by atoms with Crippen molar-refractivity contribution in [2.75, 3.05) is 6.61 Å². The molecule has 4 heteroatoms. The lowest BCUT2D eigenvalue weighted by Gasteiger charge is -2.17. The second kappa shape index (κ2) is 8.27. The average Bonchev–Trinajstić information content (AvgIpc) is 2.84. The fourth-order valence-electron chi connectivity index (χ4n) is 2.92.